The summed E-state index contributed by atoms with van der Waals surface area (Å²) in [7, 11) is 1.41. The van der Waals surface area contributed by atoms with Crippen LogP contribution in [0.2, 0.25) is 0 Å². The van der Waals surface area contributed by atoms with E-state index >= 15 is 0 Å². The zero-order valence-electron chi connectivity index (χ0n) is 6.95. The predicted octanol–water partition coefficient (Wildman–Crippen LogP) is -0.0537. The smallest absolute Gasteiger partial charge is 0.248 e. The molecule has 1 aliphatic rings. The molecule has 1 unspecified atom stereocenters. The fraction of sp³-hybridized carbons (Fsp3) is 0.500. The highest BCUT2D eigenvalue weighted by Crippen LogP contribution is 2.14. The van der Waals surface area contributed by atoms with Crippen molar-refractivity contribution in [1.29, 1.82) is 0 Å². The minimum Gasteiger partial charge on any atom is -0.354 e. The van der Waals surface area contributed by atoms with Crippen molar-refractivity contribution in [1.82, 2.24) is 4.90 Å². The molecule has 0 saturated carbocycles. The minimum absolute atomic E-state index is 0.0484. The molecule has 1 amide bonds. The van der Waals surface area contributed by atoms with E-state index in [1.807, 2.05) is 0 Å². The lowest BCUT2D eigenvalue weighted by Gasteiger charge is -2.19. The summed E-state index contributed by atoms with van der Waals surface area (Å²) in [6.45, 7) is 3.77. The van der Waals surface area contributed by atoms with Crippen LogP contribution in [0.3, 0.4) is 0 Å². The number of amides is 1. The second-order valence-corrected chi connectivity index (χ2v) is 2.54. The van der Waals surface area contributed by atoms with Gasteiger partial charge in [0.2, 0.25) is 5.91 Å². The van der Waals surface area contributed by atoms with Crippen molar-refractivity contribution < 1.29 is 14.3 Å². The van der Waals surface area contributed by atoms with E-state index in [-0.39, 0.29) is 11.7 Å². The van der Waals surface area contributed by atoms with Gasteiger partial charge in [0.25, 0.3) is 0 Å². The quantitative estimate of drug-likeness (QED) is 0.544. The van der Waals surface area contributed by atoms with Crippen molar-refractivity contribution in [3.8, 4) is 0 Å². The van der Waals surface area contributed by atoms with E-state index < -0.39 is 6.23 Å². The molecule has 4 nitrogen and oxygen atoms in total. The number of nitrogens with zero attached hydrogens (tertiary/aromatic N) is 1. The van der Waals surface area contributed by atoms with Crippen molar-refractivity contribution in [2.75, 3.05) is 13.7 Å². The Bertz CT molecular complexity index is 224. The standard InChI is InChI=1S/C8H11NO3/c1-3-7(11)9-5-4-6(10)8(9)12-2/h3,8H,1,4-5H2,2H3. The highest BCUT2D eigenvalue weighted by molar-refractivity contribution is 5.95. The number of Topliss-reactive ketones (excluding diaryl/α,β-unsaturated/α-hetero) is 1. The number of rotatable bonds is 2. The van der Waals surface area contributed by atoms with Gasteiger partial charge in [-0.05, 0) is 6.08 Å². The van der Waals surface area contributed by atoms with E-state index in [1.165, 1.54) is 18.1 Å². The van der Waals surface area contributed by atoms with Gasteiger partial charge >= 0.3 is 0 Å². The number of ketones is 1. The Morgan fingerprint density at radius 3 is 3.00 bits per heavy atom. The number of hydrogen-bond donors (Lipinski definition) is 0. The lowest BCUT2D eigenvalue weighted by atomic mass is 10.3. The highest BCUT2D eigenvalue weighted by atomic mass is 16.5. The van der Waals surface area contributed by atoms with Gasteiger partial charge in [0, 0.05) is 20.1 Å². The molecule has 0 aromatic heterocycles. The second-order valence-electron chi connectivity index (χ2n) is 2.54. The Labute approximate surface area is 70.8 Å². The fourth-order valence-corrected chi connectivity index (χ4v) is 1.25. The first-order chi connectivity index (χ1) is 5.70. The molecule has 1 rings (SSSR count). The molecule has 1 heterocycles. The molecule has 0 bridgehead atoms. The number of carbonyl (C=O) groups is 2. The van der Waals surface area contributed by atoms with E-state index in [9.17, 15) is 9.59 Å². The van der Waals surface area contributed by atoms with Gasteiger partial charge in [-0.2, -0.15) is 0 Å². The highest BCUT2D eigenvalue weighted by Gasteiger charge is 2.34. The van der Waals surface area contributed by atoms with Crippen LogP contribution in [0.15, 0.2) is 12.7 Å². The molecule has 1 atom stereocenters. The summed E-state index contributed by atoms with van der Waals surface area (Å²) in [6, 6.07) is 0. The maximum Gasteiger partial charge on any atom is 0.248 e. The van der Waals surface area contributed by atoms with Gasteiger partial charge in [0.1, 0.15) is 0 Å². The van der Waals surface area contributed by atoms with E-state index in [0.717, 1.165) is 0 Å². The molecule has 0 aliphatic carbocycles. The largest absolute Gasteiger partial charge is 0.354 e. The third-order valence-corrected chi connectivity index (χ3v) is 1.84. The van der Waals surface area contributed by atoms with E-state index in [1.54, 1.807) is 0 Å². The van der Waals surface area contributed by atoms with Crippen molar-refractivity contribution >= 4 is 11.7 Å². The maximum absolute atomic E-state index is 11.1. The summed E-state index contributed by atoms with van der Waals surface area (Å²) in [6.07, 6.45) is 0.860. The molecule has 66 valence electrons. The Balaban J connectivity index is 2.72. The molecule has 1 saturated heterocycles. The first-order valence-electron chi connectivity index (χ1n) is 3.69. The van der Waals surface area contributed by atoms with Gasteiger partial charge in [-0.15, -0.1) is 0 Å². The van der Waals surface area contributed by atoms with Crippen molar-refractivity contribution in [3.05, 3.63) is 12.7 Å². The molecule has 0 aromatic carbocycles. The summed E-state index contributed by atoms with van der Waals surface area (Å²) < 4.78 is 4.87. The Morgan fingerprint density at radius 1 is 1.83 bits per heavy atom. The van der Waals surface area contributed by atoms with Crippen LogP contribution in [0, 0.1) is 0 Å². The van der Waals surface area contributed by atoms with Gasteiger partial charge in [-0.3, -0.25) is 9.59 Å². The van der Waals surface area contributed by atoms with Gasteiger partial charge < -0.3 is 9.64 Å². The summed E-state index contributed by atoms with van der Waals surface area (Å²) in [5.74, 6) is -0.305. The second kappa shape index (κ2) is 3.49. The molecule has 0 radical (unpaired) electrons. The molecule has 1 fully saturated rings. The Hall–Kier alpha value is -1.16. The van der Waals surface area contributed by atoms with Gasteiger partial charge in [-0.1, -0.05) is 6.58 Å². The van der Waals surface area contributed by atoms with Crippen LogP contribution in [-0.4, -0.2) is 36.5 Å². The monoisotopic (exact) mass is 169 g/mol. The maximum atomic E-state index is 11.1. The van der Waals surface area contributed by atoms with Crippen LogP contribution >= 0.6 is 0 Å². The lowest BCUT2D eigenvalue weighted by Crippen LogP contribution is -2.38. The summed E-state index contributed by atoms with van der Waals surface area (Å²) >= 11 is 0. The van der Waals surface area contributed by atoms with E-state index in [4.69, 9.17) is 4.74 Å². The molecule has 1 aliphatic heterocycles. The van der Waals surface area contributed by atoms with Crippen LogP contribution in [0.5, 0.6) is 0 Å². The number of ether oxygens (including phenoxy) is 1. The van der Waals surface area contributed by atoms with Crippen LogP contribution in [0.1, 0.15) is 6.42 Å². The van der Waals surface area contributed by atoms with E-state index in [0.29, 0.717) is 13.0 Å². The molecule has 0 spiro atoms. The topological polar surface area (TPSA) is 46.6 Å². The number of likely N-dealkylation sites (tertiary alicyclic amines) is 1. The van der Waals surface area contributed by atoms with Crippen LogP contribution in [0.25, 0.3) is 0 Å². The predicted molar refractivity (Wildman–Crippen MR) is 42.3 cm³/mol. The fourth-order valence-electron chi connectivity index (χ4n) is 1.25. The average molecular weight is 169 g/mol. The zero-order chi connectivity index (χ0) is 9.14. The molecule has 0 aromatic rings. The molecular weight excluding hydrogens is 158 g/mol. The first kappa shape index (κ1) is 8.93. The van der Waals surface area contributed by atoms with Gasteiger partial charge in [-0.25, -0.2) is 0 Å². The number of hydrogen-bond acceptors (Lipinski definition) is 3. The van der Waals surface area contributed by atoms with Crippen molar-refractivity contribution in [2.45, 2.75) is 12.6 Å². The first-order valence-corrected chi connectivity index (χ1v) is 3.69. The minimum atomic E-state index is -0.699. The van der Waals surface area contributed by atoms with Crippen molar-refractivity contribution in [3.63, 3.8) is 0 Å². The lowest BCUT2D eigenvalue weighted by molar-refractivity contribution is -0.143. The summed E-state index contributed by atoms with van der Waals surface area (Å²) in [5, 5.41) is 0. The molecule has 4 heteroatoms. The number of carbonyl (C=O) groups excluding carboxylic acids is 2. The van der Waals surface area contributed by atoms with Crippen LogP contribution in [-0.2, 0) is 14.3 Å². The third kappa shape index (κ3) is 1.38. The normalized spacial score (nSPS) is 22.9. The summed E-state index contributed by atoms with van der Waals surface area (Å²) in [5.41, 5.74) is 0. The van der Waals surface area contributed by atoms with E-state index in [2.05, 4.69) is 6.58 Å². The van der Waals surface area contributed by atoms with Crippen LogP contribution in [0.4, 0.5) is 0 Å². The van der Waals surface area contributed by atoms with Gasteiger partial charge in [0.05, 0.1) is 0 Å². The Kier molecular flexibility index (Phi) is 2.60. The van der Waals surface area contributed by atoms with Crippen molar-refractivity contribution in [2.24, 2.45) is 0 Å². The molecule has 0 N–H and O–H groups in total. The summed E-state index contributed by atoms with van der Waals surface area (Å²) in [4.78, 5) is 23.6. The molecular formula is C8H11NO3. The number of methoxy groups -OCH3 is 1. The average Bonchev–Trinajstić information content (AvgIpc) is 2.45. The Morgan fingerprint density at radius 2 is 2.50 bits per heavy atom. The van der Waals surface area contributed by atoms with Crippen LogP contribution < -0.4 is 0 Å². The zero-order valence-corrected chi connectivity index (χ0v) is 6.95. The molecule has 12 heavy (non-hydrogen) atoms. The third-order valence-electron chi connectivity index (χ3n) is 1.84. The SMILES string of the molecule is C=CC(=O)N1CCC(=O)C1OC. The van der Waals surface area contributed by atoms with Gasteiger partial charge in [0.15, 0.2) is 12.0 Å².